The van der Waals surface area contributed by atoms with Crippen molar-refractivity contribution in [3.8, 4) is 0 Å². The quantitative estimate of drug-likeness (QED) is 0.546. The number of hydrogen-bond donors (Lipinski definition) is 1. The molecule has 0 spiro atoms. The van der Waals surface area contributed by atoms with Crippen molar-refractivity contribution < 1.29 is 18.0 Å². The number of rotatable bonds is 9. The number of piperidine rings is 1. The van der Waals surface area contributed by atoms with Crippen molar-refractivity contribution in [3.63, 3.8) is 0 Å². The number of thiophene rings is 1. The van der Waals surface area contributed by atoms with Gasteiger partial charge in [-0.15, -0.1) is 11.3 Å². The molecule has 1 fully saturated rings. The minimum absolute atomic E-state index is 0.0416. The fraction of sp³-hybridized carbons (Fsp3) is 0.556. The fourth-order valence-corrected chi connectivity index (χ4v) is 5.21. The highest BCUT2D eigenvalue weighted by molar-refractivity contribution is 9.11. The topological polar surface area (TPSA) is 90.0 Å². The second-order valence-corrected chi connectivity index (χ2v) is 11.3. The number of sulfonamides is 1. The Balaban J connectivity index is 1.94. The summed E-state index contributed by atoms with van der Waals surface area (Å²) in [4.78, 5) is 30.9. The van der Waals surface area contributed by atoms with E-state index in [1.807, 2.05) is 25.1 Å². The summed E-state index contributed by atoms with van der Waals surface area (Å²) in [6, 6.07) is 2.78. The van der Waals surface area contributed by atoms with E-state index in [1.165, 1.54) is 22.3 Å². The Hall–Kier alpha value is -1.27. The molecule has 1 N–H and O–H groups in total. The second kappa shape index (κ2) is 10.7. The van der Waals surface area contributed by atoms with Crippen LogP contribution in [0.5, 0.6) is 0 Å². The minimum Gasteiger partial charge on any atom is -0.343 e. The van der Waals surface area contributed by atoms with Crippen molar-refractivity contribution in [3.05, 3.63) is 26.2 Å². The van der Waals surface area contributed by atoms with Gasteiger partial charge in [-0.05, 0) is 61.1 Å². The molecule has 2 heterocycles. The van der Waals surface area contributed by atoms with E-state index >= 15 is 0 Å². The largest absolute Gasteiger partial charge is 0.343 e. The average Bonchev–Trinajstić information content (AvgIpc) is 3.06. The molecule has 2 amide bonds. The van der Waals surface area contributed by atoms with E-state index in [4.69, 9.17) is 0 Å². The molecule has 0 aliphatic carbocycles. The highest BCUT2D eigenvalue weighted by Crippen LogP contribution is 2.23. The maximum absolute atomic E-state index is 12.7. The monoisotopic (exact) mass is 506 g/mol. The van der Waals surface area contributed by atoms with Gasteiger partial charge in [-0.1, -0.05) is 0 Å². The highest BCUT2D eigenvalue weighted by Gasteiger charge is 2.32. The molecular weight excluding hydrogens is 480 g/mol. The molecule has 162 valence electrons. The van der Waals surface area contributed by atoms with Gasteiger partial charge in [-0.2, -0.15) is 4.72 Å². The third-order valence-corrected chi connectivity index (χ3v) is 7.17. The van der Waals surface area contributed by atoms with E-state index in [2.05, 4.69) is 20.7 Å². The van der Waals surface area contributed by atoms with Gasteiger partial charge in [0.15, 0.2) is 0 Å². The van der Waals surface area contributed by atoms with E-state index in [0.717, 1.165) is 20.6 Å². The fourth-order valence-electron chi connectivity index (χ4n) is 2.78. The van der Waals surface area contributed by atoms with E-state index in [-0.39, 0.29) is 18.4 Å². The summed E-state index contributed by atoms with van der Waals surface area (Å²) in [6.45, 7) is 1.70. The number of nitrogens with one attached hydrogen (secondary N) is 1. The van der Waals surface area contributed by atoms with Gasteiger partial charge in [0.05, 0.1) is 10.3 Å². The van der Waals surface area contributed by atoms with Crippen LogP contribution in [-0.2, 0) is 19.6 Å². The predicted octanol–water partition coefficient (Wildman–Crippen LogP) is 1.41. The van der Waals surface area contributed by atoms with E-state index in [0.29, 0.717) is 25.9 Å². The zero-order chi connectivity index (χ0) is 21.6. The summed E-state index contributed by atoms with van der Waals surface area (Å²) in [5.41, 5.74) is 0. The number of carbonyl (C=O) groups is 2. The molecule has 2 rings (SSSR count). The zero-order valence-electron chi connectivity index (χ0n) is 16.8. The molecule has 1 aliphatic heterocycles. The summed E-state index contributed by atoms with van der Waals surface area (Å²) >= 11 is 4.74. The van der Waals surface area contributed by atoms with E-state index in [1.54, 1.807) is 18.0 Å². The van der Waals surface area contributed by atoms with Crippen molar-refractivity contribution in [1.29, 1.82) is 0 Å². The van der Waals surface area contributed by atoms with Crippen molar-refractivity contribution in [1.82, 2.24) is 19.4 Å². The second-order valence-electron chi connectivity index (χ2n) is 7.18. The maximum atomic E-state index is 12.7. The number of amides is 2. The maximum Gasteiger partial charge on any atom is 0.241 e. The number of likely N-dealkylation sites (N-methyl/N-ethyl adjacent to an activating group) is 2. The third kappa shape index (κ3) is 7.82. The Morgan fingerprint density at radius 2 is 2.07 bits per heavy atom. The standard InChI is InChI=1S/C18H27BrN4O4S2/c1-21(2)10-11-22(3)17(24)13-23-9-4-5-15(18(23)25)20-29(26,27)12-8-14-6-7-16(19)28-14/h6-8,12,15,20H,4-5,9-11,13H2,1-3H3/b12-8+. The van der Waals surface area contributed by atoms with Crippen LogP contribution in [0.1, 0.15) is 17.7 Å². The van der Waals surface area contributed by atoms with Gasteiger partial charge in [0.2, 0.25) is 21.8 Å². The first kappa shape index (κ1) is 24.0. The lowest BCUT2D eigenvalue weighted by molar-refractivity contribution is -0.142. The SMILES string of the molecule is CN(C)CCN(C)C(=O)CN1CCCC(NS(=O)(=O)/C=C/c2ccc(Br)s2)C1=O. The number of likely N-dealkylation sites (tertiary alicyclic amines) is 1. The lowest BCUT2D eigenvalue weighted by Gasteiger charge is -2.33. The van der Waals surface area contributed by atoms with Crippen LogP contribution in [0.3, 0.4) is 0 Å². The number of hydrogen-bond acceptors (Lipinski definition) is 6. The van der Waals surface area contributed by atoms with Crippen LogP contribution < -0.4 is 4.72 Å². The van der Waals surface area contributed by atoms with E-state index in [9.17, 15) is 18.0 Å². The van der Waals surface area contributed by atoms with Crippen molar-refractivity contribution in [2.45, 2.75) is 18.9 Å². The molecule has 1 aromatic rings. The summed E-state index contributed by atoms with van der Waals surface area (Å²) in [5.74, 6) is -0.520. The van der Waals surface area contributed by atoms with Crippen LogP contribution in [0.25, 0.3) is 6.08 Å². The zero-order valence-corrected chi connectivity index (χ0v) is 20.0. The Morgan fingerprint density at radius 1 is 1.34 bits per heavy atom. The first-order chi connectivity index (χ1) is 13.6. The summed E-state index contributed by atoms with van der Waals surface area (Å²) in [7, 11) is 1.78. The third-order valence-electron chi connectivity index (χ3n) is 4.48. The molecule has 11 heteroatoms. The van der Waals surface area contributed by atoms with Gasteiger partial charge in [0.1, 0.15) is 6.04 Å². The minimum atomic E-state index is -3.78. The van der Waals surface area contributed by atoms with Crippen LogP contribution in [0.15, 0.2) is 21.3 Å². The first-order valence-electron chi connectivity index (χ1n) is 9.20. The molecule has 1 aromatic heterocycles. The van der Waals surface area contributed by atoms with Crippen LogP contribution in [-0.4, -0.2) is 88.3 Å². The Labute approximate surface area is 184 Å². The van der Waals surface area contributed by atoms with Gasteiger partial charge < -0.3 is 14.7 Å². The van der Waals surface area contributed by atoms with Gasteiger partial charge >= 0.3 is 0 Å². The Bertz CT molecular complexity index is 854. The number of nitrogens with zero attached hydrogens (tertiary/aromatic N) is 3. The first-order valence-corrected chi connectivity index (χ1v) is 12.4. The van der Waals surface area contributed by atoms with Crippen molar-refractivity contribution in [2.24, 2.45) is 0 Å². The molecule has 0 aromatic carbocycles. The molecule has 0 bridgehead atoms. The molecule has 1 atom stereocenters. The van der Waals surface area contributed by atoms with Gasteiger partial charge in [-0.3, -0.25) is 9.59 Å². The lowest BCUT2D eigenvalue weighted by atomic mass is 10.1. The molecule has 1 aliphatic rings. The average molecular weight is 507 g/mol. The van der Waals surface area contributed by atoms with Crippen LogP contribution in [0.4, 0.5) is 0 Å². The lowest BCUT2D eigenvalue weighted by Crippen LogP contribution is -2.54. The van der Waals surface area contributed by atoms with Crippen LogP contribution >= 0.6 is 27.3 Å². The number of carbonyl (C=O) groups excluding carboxylic acids is 2. The number of halogens is 1. The molecule has 0 radical (unpaired) electrons. The van der Waals surface area contributed by atoms with Gasteiger partial charge in [0.25, 0.3) is 0 Å². The van der Waals surface area contributed by atoms with Crippen molar-refractivity contribution in [2.75, 3.05) is 47.3 Å². The van der Waals surface area contributed by atoms with E-state index < -0.39 is 16.1 Å². The van der Waals surface area contributed by atoms with Crippen LogP contribution in [0, 0.1) is 0 Å². The highest BCUT2D eigenvalue weighted by atomic mass is 79.9. The van der Waals surface area contributed by atoms with Gasteiger partial charge in [0, 0.05) is 37.0 Å². The smallest absolute Gasteiger partial charge is 0.241 e. The molecule has 8 nitrogen and oxygen atoms in total. The normalized spacial score (nSPS) is 18.0. The van der Waals surface area contributed by atoms with Gasteiger partial charge in [-0.25, -0.2) is 8.42 Å². The molecule has 29 heavy (non-hydrogen) atoms. The van der Waals surface area contributed by atoms with Crippen molar-refractivity contribution >= 4 is 55.2 Å². The predicted molar refractivity (Wildman–Crippen MR) is 119 cm³/mol. The Morgan fingerprint density at radius 3 is 2.69 bits per heavy atom. The molecule has 1 saturated heterocycles. The summed E-state index contributed by atoms with van der Waals surface area (Å²) < 4.78 is 28.1. The molecule has 0 saturated carbocycles. The van der Waals surface area contributed by atoms with Crippen LogP contribution in [0.2, 0.25) is 0 Å². The molecule has 1 unspecified atom stereocenters. The Kier molecular flexibility index (Phi) is 8.83. The summed E-state index contributed by atoms with van der Waals surface area (Å²) in [5, 5.41) is 1.07. The molecular formula is C18H27BrN4O4S2. The summed E-state index contributed by atoms with van der Waals surface area (Å²) in [6.07, 6.45) is 2.54.